The molecule has 0 atom stereocenters. The van der Waals surface area contributed by atoms with Gasteiger partial charge in [0.05, 0.1) is 18.0 Å². The van der Waals surface area contributed by atoms with Crippen LogP contribution in [0.3, 0.4) is 0 Å². The highest BCUT2D eigenvalue weighted by Gasteiger charge is 2.36. The van der Waals surface area contributed by atoms with Crippen molar-refractivity contribution < 1.29 is 27.5 Å². The first-order valence-electron chi connectivity index (χ1n) is 8.55. The minimum atomic E-state index is -4.68. The van der Waals surface area contributed by atoms with Crippen molar-refractivity contribution in [3.8, 4) is 5.69 Å². The zero-order chi connectivity index (χ0) is 21.1. The fourth-order valence-corrected chi connectivity index (χ4v) is 2.64. The number of esters is 1. The minimum Gasteiger partial charge on any atom is -0.465 e. The molecule has 0 saturated heterocycles. The van der Waals surface area contributed by atoms with E-state index in [0.717, 1.165) is 11.1 Å². The van der Waals surface area contributed by atoms with Crippen molar-refractivity contribution in [1.29, 1.82) is 0 Å². The van der Waals surface area contributed by atoms with Crippen molar-refractivity contribution >= 4 is 11.9 Å². The zero-order valence-corrected chi connectivity index (χ0v) is 16.0. The van der Waals surface area contributed by atoms with Crippen LogP contribution in [0.2, 0.25) is 0 Å². The SMILES string of the molecule is CCOC(=O)CN(CC(F)(F)F)C(=O)c1nn(-c2ccc(C)cc2C)nc1C. The molecule has 2 rings (SSSR count). The number of halogens is 3. The van der Waals surface area contributed by atoms with Gasteiger partial charge in [-0.3, -0.25) is 9.59 Å². The third-order valence-electron chi connectivity index (χ3n) is 3.84. The molecule has 0 N–H and O–H groups in total. The van der Waals surface area contributed by atoms with Crippen LogP contribution in [-0.4, -0.2) is 57.6 Å². The number of alkyl halides is 3. The summed E-state index contributed by atoms with van der Waals surface area (Å²) in [7, 11) is 0. The third-order valence-corrected chi connectivity index (χ3v) is 3.84. The predicted octanol–water partition coefficient (Wildman–Crippen LogP) is 2.76. The first kappa shape index (κ1) is 21.4. The van der Waals surface area contributed by atoms with Gasteiger partial charge in [-0.05, 0) is 39.3 Å². The van der Waals surface area contributed by atoms with Gasteiger partial charge in [-0.15, -0.1) is 5.10 Å². The summed E-state index contributed by atoms with van der Waals surface area (Å²) >= 11 is 0. The van der Waals surface area contributed by atoms with E-state index in [-0.39, 0.29) is 18.0 Å². The Morgan fingerprint density at radius 3 is 2.43 bits per heavy atom. The Labute approximate surface area is 160 Å². The van der Waals surface area contributed by atoms with Gasteiger partial charge in [-0.1, -0.05) is 17.7 Å². The molecule has 0 unspecified atom stereocenters. The second-order valence-electron chi connectivity index (χ2n) is 6.29. The molecule has 0 aliphatic carbocycles. The number of ether oxygens (including phenoxy) is 1. The van der Waals surface area contributed by atoms with Crippen LogP contribution in [-0.2, 0) is 9.53 Å². The Kier molecular flexibility index (Phi) is 6.42. The van der Waals surface area contributed by atoms with Gasteiger partial charge in [0.25, 0.3) is 5.91 Å². The van der Waals surface area contributed by atoms with E-state index in [2.05, 4.69) is 14.9 Å². The van der Waals surface area contributed by atoms with Crippen molar-refractivity contribution in [1.82, 2.24) is 19.9 Å². The van der Waals surface area contributed by atoms with Gasteiger partial charge in [0.1, 0.15) is 13.1 Å². The average molecular weight is 398 g/mol. The predicted molar refractivity (Wildman–Crippen MR) is 94.2 cm³/mol. The van der Waals surface area contributed by atoms with Gasteiger partial charge in [0.15, 0.2) is 5.69 Å². The molecule has 0 aliphatic rings. The number of aromatic nitrogens is 3. The van der Waals surface area contributed by atoms with Gasteiger partial charge < -0.3 is 9.64 Å². The molecule has 1 aromatic heterocycles. The van der Waals surface area contributed by atoms with E-state index in [9.17, 15) is 22.8 Å². The lowest BCUT2D eigenvalue weighted by atomic mass is 10.1. The van der Waals surface area contributed by atoms with Crippen molar-refractivity contribution in [2.45, 2.75) is 33.9 Å². The van der Waals surface area contributed by atoms with Crippen LogP contribution in [0.25, 0.3) is 5.69 Å². The maximum Gasteiger partial charge on any atom is 0.406 e. The summed E-state index contributed by atoms with van der Waals surface area (Å²) in [5.74, 6) is -1.97. The minimum absolute atomic E-state index is 0.00517. The highest BCUT2D eigenvalue weighted by molar-refractivity contribution is 5.95. The molecule has 0 bridgehead atoms. The number of hydrogen-bond donors (Lipinski definition) is 0. The normalized spacial score (nSPS) is 11.4. The molecule has 1 heterocycles. The lowest BCUT2D eigenvalue weighted by Gasteiger charge is -2.22. The molecule has 10 heteroatoms. The number of benzene rings is 1. The summed E-state index contributed by atoms with van der Waals surface area (Å²) in [6.07, 6.45) is -4.68. The molecule has 28 heavy (non-hydrogen) atoms. The summed E-state index contributed by atoms with van der Waals surface area (Å²) in [6.45, 7) is 4.30. The van der Waals surface area contributed by atoms with Crippen LogP contribution in [0.4, 0.5) is 13.2 Å². The summed E-state index contributed by atoms with van der Waals surface area (Å²) in [6, 6.07) is 5.48. The van der Waals surface area contributed by atoms with E-state index < -0.39 is 31.1 Å². The van der Waals surface area contributed by atoms with Crippen molar-refractivity contribution in [3.05, 3.63) is 40.7 Å². The van der Waals surface area contributed by atoms with E-state index >= 15 is 0 Å². The molecule has 152 valence electrons. The molecule has 2 aromatic rings. The van der Waals surface area contributed by atoms with E-state index in [1.807, 2.05) is 26.0 Å². The fraction of sp³-hybridized carbons (Fsp3) is 0.444. The van der Waals surface area contributed by atoms with Crippen LogP contribution in [0.1, 0.15) is 34.2 Å². The monoisotopic (exact) mass is 398 g/mol. The lowest BCUT2D eigenvalue weighted by Crippen LogP contribution is -2.43. The largest absolute Gasteiger partial charge is 0.465 e. The van der Waals surface area contributed by atoms with Crippen molar-refractivity contribution in [2.75, 3.05) is 19.7 Å². The van der Waals surface area contributed by atoms with Crippen LogP contribution in [0.15, 0.2) is 18.2 Å². The summed E-state index contributed by atoms with van der Waals surface area (Å²) < 4.78 is 43.3. The van der Waals surface area contributed by atoms with Crippen molar-refractivity contribution in [2.24, 2.45) is 0 Å². The van der Waals surface area contributed by atoms with E-state index in [4.69, 9.17) is 0 Å². The third kappa shape index (κ3) is 5.30. The van der Waals surface area contributed by atoms with Gasteiger partial charge in [0.2, 0.25) is 0 Å². The molecular weight excluding hydrogens is 377 g/mol. The summed E-state index contributed by atoms with van der Waals surface area (Å²) in [5.41, 5.74) is 2.36. The van der Waals surface area contributed by atoms with Gasteiger partial charge in [-0.25, -0.2) is 0 Å². The Morgan fingerprint density at radius 2 is 1.86 bits per heavy atom. The van der Waals surface area contributed by atoms with Crippen LogP contribution in [0, 0.1) is 20.8 Å². The highest BCUT2D eigenvalue weighted by atomic mass is 19.4. The Balaban J connectivity index is 2.36. The lowest BCUT2D eigenvalue weighted by molar-refractivity contribution is -0.153. The van der Waals surface area contributed by atoms with E-state index in [1.54, 1.807) is 6.07 Å². The molecular formula is C18H21F3N4O3. The quantitative estimate of drug-likeness (QED) is 0.700. The Bertz CT molecular complexity index is 877. The first-order chi connectivity index (χ1) is 13.0. The number of amides is 1. The molecule has 7 nitrogen and oxygen atoms in total. The molecule has 0 saturated carbocycles. The fourth-order valence-electron chi connectivity index (χ4n) is 2.64. The number of carbonyl (C=O) groups is 2. The molecule has 1 amide bonds. The standard InChI is InChI=1S/C18H21F3N4O3/c1-5-28-15(26)9-24(10-18(19,20)21)17(27)16-13(4)22-25(23-16)14-7-6-11(2)8-12(14)3/h6-8H,5,9-10H2,1-4H3. The number of rotatable bonds is 6. The molecule has 0 spiro atoms. The maximum atomic E-state index is 12.9. The first-order valence-corrected chi connectivity index (χ1v) is 8.55. The number of nitrogens with zero attached hydrogens (tertiary/aromatic N) is 4. The maximum absolute atomic E-state index is 12.9. The van der Waals surface area contributed by atoms with Crippen LogP contribution < -0.4 is 0 Å². The molecule has 0 fully saturated rings. The smallest absolute Gasteiger partial charge is 0.406 e. The van der Waals surface area contributed by atoms with E-state index in [1.165, 1.54) is 18.6 Å². The molecule has 1 aromatic carbocycles. The van der Waals surface area contributed by atoms with Gasteiger partial charge in [-0.2, -0.15) is 23.1 Å². The topological polar surface area (TPSA) is 77.3 Å². The van der Waals surface area contributed by atoms with Crippen molar-refractivity contribution in [3.63, 3.8) is 0 Å². The number of aryl methyl sites for hydroxylation is 3. The zero-order valence-electron chi connectivity index (χ0n) is 16.0. The highest BCUT2D eigenvalue weighted by Crippen LogP contribution is 2.20. The number of hydrogen-bond acceptors (Lipinski definition) is 5. The van der Waals surface area contributed by atoms with Gasteiger partial charge in [0, 0.05) is 0 Å². The van der Waals surface area contributed by atoms with Crippen LogP contribution >= 0.6 is 0 Å². The Hall–Kier alpha value is -2.91. The number of carbonyl (C=O) groups excluding carboxylic acids is 2. The summed E-state index contributed by atoms with van der Waals surface area (Å²) in [5, 5.41) is 8.22. The second-order valence-corrected chi connectivity index (χ2v) is 6.29. The van der Waals surface area contributed by atoms with Crippen LogP contribution in [0.5, 0.6) is 0 Å². The van der Waals surface area contributed by atoms with Gasteiger partial charge >= 0.3 is 12.1 Å². The average Bonchev–Trinajstić information content (AvgIpc) is 2.94. The molecule has 0 radical (unpaired) electrons. The molecule has 0 aliphatic heterocycles. The van der Waals surface area contributed by atoms with E-state index in [0.29, 0.717) is 10.6 Å². The Morgan fingerprint density at radius 1 is 1.18 bits per heavy atom. The summed E-state index contributed by atoms with van der Waals surface area (Å²) in [4.78, 5) is 25.9. The second kappa shape index (κ2) is 8.41.